The number of carbonyl (C=O) groups is 1. The molecule has 2 rings (SSSR count). The number of hydrogen-bond acceptors (Lipinski definition) is 4. The number of aliphatic hydroxyl groups excluding tert-OH is 1. The SMILES string of the molecule is O=CCc1ccc(OCCNCC(O)c2cccc(C(F)(F)F)c2)cc1. The van der Waals surface area contributed by atoms with Crippen molar-refractivity contribution in [2.24, 2.45) is 0 Å². The minimum absolute atomic E-state index is 0.114. The Hall–Kier alpha value is -2.38. The van der Waals surface area contributed by atoms with Gasteiger partial charge in [-0.25, -0.2) is 0 Å². The topological polar surface area (TPSA) is 58.6 Å². The molecule has 7 heteroatoms. The van der Waals surface area contributed by atoms with E-state index in [4.69, 9.17) is 4.74 Å². The largest absolute Gasteiger partial charge is 0.492 e. The maximum Gasteiger partial charge on any atom is 0.416 e. The fraction of sp³-hybridized carbons (Fsp3) is 0.316. The highest BCUT2D eigenvalue weighted by Gasteiger charge is 2.30. The van der Waals surface area contributed by atoms with Crippen LogP contribution in [0.3, 0.4) is 0 Å². The van der Waals surface area contributed by atoms with Crippen LogP contribution in [0.2, 0.25) is 0 Å². The zero-order valence-corrected chi connectivity index (χ0v) is 14.0. The van der Waals surface area contributed by atoms with Crippen molar-refractivity contribution in [2.45, 2.75) is 18.7 Å². The van der Waals surface area contributed by atoms with Crippen molar-refractivity contribution >= 4 is 6.29 Å². The van der Waals surface area contributed by atoms with E-state index >= 15 is 0 Å². The molecule has 2 aromatic rings. The van der Waals surface area contributed by atoms with Crippen LogP contribution >= 0.6 is 0 Å². The number of ether oxygens (including phenoxy) is 1. The molecule has 0 aliphatic heterocycles. The third kappa shape index (κ3) is 6.16. The van der Waals surface area contributed by atoms with Crippen LogP contribution in [0.5, 0.6) is 5.75 Å². The number of aliphatic hydroxyl groups is 1. The molecule has 0 aliphatic rings. The van der Waals surface area contributed by atoms with Gasteiger partial charge >= 0.3 is 6.18 Å². The van der Waals surface area contributed by atoms with Crippen molar-refractivity contribution < 1.29 is 27.8 Å². The van der Waals surface area contributed by atoms with Crippen molar-refractivity contribution in [3.05, 3.63) is 65.2 Å². The molecule has 0 radical (unpaired) electrons. The van der Waals surface area contributed by atoms with Gasteiger partial charge in [-0.3, -0.25) is 0 Å². The summed E-state index contributed by atoms with van der Waals surface area (Å²) in [5.74, 6) is 0.653. The molecule has 2 N–H and O–H groups in total. The maximum absolute atomic E-state index is 12.7. The molecular formula is C19H20F3NO3. The Labute approximate surface area is 149 Å². The van der Waals surface area contributed by atoms with E-state index in [-0.39, 0.29) is 12.1 Å². The molecule has 0 heterocycles. The zero-order chi connectivity index (χ0) is 19.0. The third-order valence-electron chi connectivity index (χ3n) is 3.73. The lowest BCUT2D eigenvalue weighted by molar-refractivity contribution is -0.137. The quantitative estimate of drug-likeness (QED) is 0.528. The molecule has 1 atom stereocenters. The molecule has 2 aromatic carbocycles. The predicted molar refractivity (Wildman–Crippen MR) is 91.0 cm³/mol. The lowest BCUT2D eigenvalue weighted by Gasteiger charge is -2.15. The fourth-order valence-electron chi connectivity index (χ4n) is 2.34. The molecule has 140 valence electrons. The number of nitrogens with one attached hydrogen (secondary N) is 1. The second-order valence-electron chi connectivity index (χ2n) is 5.71. The predicted octanol–water partition coefficient (Wildman–Crippen LogP) is 3.15. The van der Waals surface area contributed by atoms with Crippen molar-refractivity contribution in [3.63, 3.8) is 0 Å². The van der Waals surface area contributed by atoms with E-state index in [0.29, 0.717) is 25.3 Å². The van der Waals surface area contributed by atoms with E-state index < -0.39 is 17.8 Å². The summed E-state index contributed by atoms with van der Waals surface area (Å²) < 4.78 is 43.6. The van der Waals surface area contributed by atoms with Gasteiger partial charge in [0.05, 0.1) is 11.7 Å². The standard InChI is InChI=1S/C19H20F3NO3/c20-19(21,22)16-3-1-2-15(12-16)18(25)13-23-9-11-26-17-6-4-14(5-7-17)8-10-24/h1-7,10,12,18,23,25H,8-9,11,13H2. The molecular weight excluding hydrogens is 347 g/mol. The van der Waals surface area contributed by atoms with Gasteiger partial charge in [0.2, 0.25) is 0 Å². The van der Waals surface area contributed by atoms with Crippen molar-refractivity contribution in [3.8, 4) is 5.75 Å². The number of halogens is 3. The van der Waals surface area contributed by atoms with Gasteiger partial charge in [0.25, 0.3) is 0 Å². The first-order valence-corrected chi connectivity index (χ1v) is 8.11. The second kappa shape index (κ2) is 9.35. The van der Waals surface area contributed by atoms with E-state index in [0.717, 1.165) is 24.0 Å². The van der Waals surface area contributed by atoms with Crippen LogP contribution in [-0.4, -0.2) is 31.1 Å². The van der Waals surface area contributed by atoms with E-state index in [1.54, 1.807) is 24.3 Å². The summed E-state index contributed by atoms with van der Waals surface area (Å²) in [6.07, 6.45) is -4.29. The summed E-state index contributed by atoms with van der Waals surface area (Å²) >= 11 is 0. The van der Waals surface area contributed by atoms with E-state index in [2.05, 4.69) is 5.32 Å². The molecule has 0 spiro atoms. The monoisotopic (exact) mass is 367 g/mol. The Balaban J connectivity index is 1.73. The molecule has 0 saturated heterocycles. The van der Waals surface area contributed by atoms with Gasteiger partial charge in [-0.1, -0.05) is 24.3 Å². The molecule has 26 heavy (non-hydrogen) atoms. The molecule has 0 bridgehead atoms. The highest BCUT2D eigenvalue weighted by Crippen LogP contribution is 2.30. The Bertz CT molecular complexity index is 702. The number of benzene rings is 2. The first-order chi connectivity index (χ1) is 12.4. The average Bonchev–Trinajstić information content (AvgIpc) is 2.62. The molecule has 0 aliphatic carbocycles. The van der Waals surface area contributed by atoms with Crippen LogP contribution in [-0.2, 0) is 17.4 Å². The lowest BCUT2D eigenvalue weighted by Crippen LogP contribution is -2.26. The summed E-state index contributed by atoms with van der Waals surface area (Å²) in [6.45, 7) is 0.872. The average molecular weight is 367 g/mol. The highest BCUT2D eigenvalue weighted by molar-refractivity contribution is 5.55. The Morgan fingerprint density at radius 1 is 1.15 bits per heavy atom. The van der Waals surface area contributed by atoms with Gasteiger partial charge in [0, 0.05) is 19.5 Å². The van der Waals surface area contributed by atoms with Gasteiger partial charge < -0.3 is 20.0 Å². The second-order valence-corrected chi connectivity index (χ2v) is 5.71. The van der Waals surface area contributed by atoms with E-state index in [1.165, 1.54) is 12.1 Å². The number of rotatable bonds is 9. The Kier molecular flexibility index (Phi) is 7.17. The zero-order valence-electron chi connectivity index (χ0n) is 14.0. The van der Waals surface area contributed by atoms with Gasteiger partial charge in [-0.05, 0) is 35.4 Å². The van der Waals surface area contributed by atoms with Crippen LogP contribution < -0.4 is 10.1 Å². The van der Waals surface area contributed by atoms with E-state index in [1.807, 2.05) is 0 Å². The minimum atomic E-state index is -4.43. The first-order valence-electron chi connectivity index (χ1n) is 8.11. The van der Waals surface area contributed by atoms with Gasteiger partial charge in [-0.2, -0.15) is 13.2 Å². The van der Waals surface area contributed by atoms with Gasteiger partial charge in [-0.15, -0.1) is 0 Å². The van der Waals surface area contributed by atoms with Crippen molar-refractivity contribution in [1.29, 1.82) is 0 Å². The summed E-state index contributed by atoms with van der Waals surface area (Å²) in [6, 6.07) is 11.8. The Morgan fingerprint density at radius 2 is 1.88 bits per heavy atom. The van der Waals surface area contributed by atoms with E-state index in [9.17, 15) is 23.1 Å². The van der Waals surface area contributed by atoms with Crippen molar-refractivity contribution in [2.75, 3.05) is 19.7 Å². The number of alkyl halides is 3. The molecule has 0 fully saturated rings. The molecule has 0 aromatic heterocycles. The maximum atomic E-state index is 12.7. The van der Waals surface area contributed by atoms with Crippen LogP contribution in [0, 0.1) is 0 Å². The smallest absolute Gasteiger partial charge is 0.416 e. The van der Waals surface area contributed by atoms with Crippen LogP contribution in [0.25, 0.3) is 0 Å². The Morgan fingerprint density at radius 3 is 2.54 bits per heavy atom. The number of hydrogen-bond donors (Lipinski definition) is 2. The summed E-state index contributed by atoms with van der Waals surface area (Å²) in [5.41, 5.74) is 0.323. The number of carbonyl (C=O) groups excluding carboxylic acids is 1. The number of aldehydes is 1. The summed E-state index contributed by atoms with van der Waals surface area (Å²) in [4.78, 5) is 10.4. The van der Waals surface area contributed by atoms with Gasteiger partial charge in [0.1, 0.15) is 18.6 Å². The van der Waals surface area contributed by atoms with Crippen molar-refractivity contribution in [1.82, 2.24) is 5.32 Å². The van der Waals surface area contributed by atoms with Crippen LogP contribution in [0.15, 0.2) is 48.5 Å². The molecule has 4 nitrogen and oxygen atoms in total. The van der Waals surface area contributed by atoms with Crippen LogP contribution in [0.4, 0.5) is 13.2 Å². The first kappa shape index (κ1) is 19.9. The summed E-state index contributed by atoms with van der Waals surface area (Å²) in [7, 11) is 0. The third-order valence-corrected chi connectivity index (χ3v) is 3.73. The van der Waals surface area contributed by atoms with Gasteiger partial charge in [0.15, 0.2) is 0 Å². The highest BCUT2D eigenvalue weighted by atomic mass is 19.4. The lowest BCUT2D eigenvalue weighted by atomic mass is 10.1. The molecule has 0 amide bonds. The summed E-state index contributed by atoms with van der Waals surface area (Å²) in [5, 5.41) is 13.0. The fourth-order valence-corrected chi connectivity index (χ4v) is 2.34. The van der Waals surface area contributed by atoms with Crippen LogP contribution in [0.1, 0.15) is 22.8 Å². The molecule has 1 unspecified atom stereocenters. The molecule has 0 saturated carbocycles. The normalized spacial score (nSPS) is 12.6. The minimum Gasteiger partial charge on any atom is -0.492 e.